The molecule has 0 aliphatic heterocycles. The second kappa shape index (κ2) is 2.73. The molecule has 2 N–H and O–H groups in total. The Kier molecular flexibility index (Phi) is 2.04. The quantitative estimate of drug-likeness (QED) is 0.691. The average Bonchev–Trinajstić information content (AvgIpc) is 2.35. The fourth-order valence-electron chi connectivity index (χ4n) is 4.06. The van der Waals surface area contributed by atoms with Crippen molar-refractivity contribution in [2.45, 2.75) is 45.7 Å². The molecule has 2 aliphatic carbocycles. The predicted octanol–water partition coefficient (Wildman–Crippen LogP) is 1.70. The van der Waals surface area contributed by atoms with Crippen LogP contribution in [0.4, 0.5) is 0 Å². The van der Waals surface area contributed by atoms with Crippen molar-refractivity contribution in [3.63, 3.8) is 0 Å². The van der Waals surface area contributed by atoms with E-state index in [4.69, 9.17) is 5.73 Å². The first kappa shape index (κ1) is 10.4. The van der Waals surface area contributed by atoms with Gasteiger partial charge < -0.3 is 10.6 Å². The largest absolute Gasteiger partial charge is 0.326 e. The number of nitrogens with two attached hydrogens (primary N) is 1. The van der Waals surface area contributed by atoms with Gasteiger partial charge in [0.05, 0.1) is 0 Å². The average molecular weight is 196 g/mol. The third-order valence-electron chi connectivity index (χ3n) is 5.49. The molecule has 0 aromatic rings. The Morgan fingerprint density at radius 2 is 1.79 bits per heavy atom. The first-order valence-corrected chi connectivity index (χ1v) is 5.74. The molecule has 0 heterocycles. The number of rotatable bonds is 1. The van der Waals surface area contributed by atoms with E-state index in [0.29, 0.717) is 22.9 Å². The molecule has 0 unspecified atom stereocenters. The summed E-state index contributed by atoms with van der Waals surface area (Å²) in [5.41, 5.74) is 7.21. The fourth-order valence-corrected chi connectivity index (χ4v) is 4.06. The second-order valence-electron chi connectivity index (χ2n) is 6.26. The number of hydrogen-bond acceptors (Lipinski definition) is 2. The van der Waals surface area contributed by atoms with E-state index in [-0.39, 0.29) is 0 Å². The minimum Gasteiger partial charge on any atom is -0.326 e. The van der Waals surface area contributed by atoms with Crippen molar-refractivity contribution in [2.75, 3.05) is 14.1 Å². The molecule has 2 nitrogen and oxygen atoms in total. The summed E-state index contributed by atoms with van der Waals surface area (Å²) in [4.78, 5) is 2.33. The van der Waals surface area contributed by atoms with Crippen LogP contribution in [-0.2, 0) is 0 Å². The van der Waals surface area contributed by atoms with Gasteiger partial charge >= 0.3 is 0 Å². The standard InChI is InChI=1S/C12H24N2/c1-11(2)8-6-7-12(11,3)10(13)9(8)14(4)5/h8-10H,6-7,13H2,1-5H3/t8-,9-,10-,12-/m1/s1. The van der Waals surface area contributed by atoms with Gasteiger partial charge in [0.1, 0.15) is 0 Å². The second-order valence-corrected chi connectivity index (χ2v) is 6.26. The van der Waals surface area contributed by atoms with Crippen molar-refractivity contribution >= 4 is 0 Å². The minimum atomic E-state index is 0.353. The Labute approximate surface area is 87.8 Å². The first-order valence-electron chi connectivity index (χ1n) is 5.74. The third-order valence-corrected chi connectivity index (χ3v) is 5.49. The maximum atomic E-state index is 6.43. The van der Waals surface area contributed by atoms with Gasteiger partial charge in [-0.25, -0.2) is 0 Å². The summed E-state index contributed by atoms with van der Waals surface area (Å²) in [6.07, 6.45) is 2.68. The van der Waals surface area contributed by atoms with Crippen molar-refractivity contribution in [3.8, 4) is 0 Å². The molecular formula is C12H24N2. The molecule has 0 aromatic heterocycles. The van der Waals surface area contributed by atoms with Crippen LogP contribution >= 0.6 is 0 Å². The zero-order valence-electron chi connectivity index (χ0n) is 10.2. The highest BCUT2D eigenvalue weighted by molar-refractivity contribution is 5.18. The van der Waals surface area contributed by atoms with Crippen LogP contribution in [0.2, 0.25) is 0 Å². The van der Waals surface area contributed by atoms with E-state index in [1.165, 1.54) is 12.8 Å². The molecule has 2 saturated carbocycles. The molecular weight excluding hydrogens is 172 g/mol. The lowest BCUT2D eigenvalue weighted by Crippen LogP contribution is -2.51. The van der Waals surface area contributed by atoms with Gasteiger partial charge in [-0.1, -0.05) is 20.8 Å². The first-order chi connectivity index (χ1) is 6.32. The summed E-state index contributed by atoms with van der Waals surface area (Å²) >= 11 is 0. The van der Waals surface area contributed by atoms with E-state index >= 15 is 0 Å². The predicted molar refractivity (Wildman–Crippen MR) is 60.1 cm³/mol. The highest BCUT2D eigenvalue weighted by atomic mass is 15.2. The summed E-state index contributed by atoms with van der Waals surface area (Å²) in [7, 11) is 4.34. The molecule has 0 radical (unpaired) electrons. The maximum absolute atomic E-state index is 6.43. The van der Waals surface area contributed by atoms with E-state index in [0.717, 1.165) is 5.92 Å². The van der Waals surface area contributed by atoms with Crippen molar-refractivity contribution in [1.29, 1.82) is 0 Å². The van der Waals surface area contributed by atoms with Crippen LogP contribution in [0.5, 0.6) is 0 Å². The van der Waals surface area contributed by atoms with Crippen LogP contribution in [0, 0.1) is 16.7 Å². The third kappa shape index (κ3) is 0.938. The van der Waals surface area contributed by atoms with Gasteiger partial charge in [-0.05, 0) is 43.7 Å². The van der Waals surface area contributed by atoms with Crippen LogP contribution in [0.15, 0.2) is 0 Å². The summed E-state index contributed by atoms with van der Waals surface area (Å²) in [6, 6.07) is 0.940. The van der Waals surface area contributed by atoms with Gasteiger partial charge in [-0.2, -0.15) is 0 Å². The van der Waals surface area contributed by atoms with E-state index in [9.17, 15) is 0 Å². The van der Waals surface area contributed by atoms with Gasteiger partial charge in [-0.3, -0.25) is 0 Å². The summed E-state index contributed by atoms with van der Waals surface area (Å²) < 4.78 is 0. The molecule has 2 heteroatoms. The minimum absolute atomic E-state index is 0.353. The lowest BCUT2D eigenvalue weighted by Gasteiger charge is -2.39. The number of likely N-dealkylation sites (N-methyl/N-ethyl adjacent to an activating group) is 1. The Hall–Kier alpha value is -0.0800. The smallest absolute Gasteiger partial charge is 0.0280 e. The van der Waals surface area contributed by atoms with Crippen LogP contribution < -0.4 is 5.73 Å². The molecule has 14 heavy (non-hydrogen) atoms. The van der Waals surface area contributed by atoms with Crippen molar-refractivity contribution < 1.29 is 0 Å². The molecule has 2 aliphatic rings. The zero-order chi connectivity index (χ0) is 10.7. The monoisotopic (exact) mass is 196 g/mol. The van der Waals surface area contributed by atoms with Crippen molar-refractivity contribution in [1.82, 2.24) is 4.90 Å². The number of hydrogen-bond donors (Lipinski definition) is 1. The highest BCUT2D eigenvalue weighted by Gasteiger charge is 2.65. The van der Waals surface area contributed by atoms with Gasteiger partial charge in [0.2, 0.25) is 0 Å². The summed E-state index contributed by atoms with van der Waals surface area (Å²) in [5, 5.41) is 0. The molecule has 2 rings (SSSR count). The van der Waals surface area contributed by atoms with Crippen molar-refractivity contribution in [2.24, 2.45) is 22.5 Å². The van der Waals surface area contributed by atoms with Gasteiger partial charge in [0, 0.05) is 12.1 Å². The molecule has 4 atom stereocenters. The van der Waals surface area contributed by atoms with Crippen LogP contribution in [0.25, 0.3) is 0 Å². The Morgan fingerprint density at radius 1 is 1.21 bits per heavy atom. The van der Waals surface area contributed by atoms with E-state index in [2.05, 4.69) is 39.8 Å². The Balaban J connectivity index is 2.39. The lowest BCUT2D eigenvalue weighted by molar-refractivity contribution is 0.133. The summed E-state index contributed by atoms with van der Waals surface area (Å²) in [5.74, 6) is 0.789. The van der Waals surface area contributed by atoms with E-state index < -0.39 is 0 Å². The van der Waals surface area contributed by atoms with Gasteiger partial charge in [-0.15, -0.1) is 0 Å². The highest BCUT2D eigenvalue weighted by Crippen LogP contribution is 2.65. The number of nitrogens with zero attached hydrogens (tertiary/aromatic N) is 1. The van der Waals surface area contributed by atoms with Gasteiger partial charge in [0.25, 0.3) is 0 Å². The fraction of sp³-hybridized carbons (Fsp3) is 1.00. The van der Waals surface area contributed by atoms with Crippen LogP contribution in [0.3, 0.4) is 0 Å². The van der Waals surface area contributed by atoms with Gasteiger partial charge in [0.15, 0.2) is 0 Å². The molecule has 0 saturated heterocycles. The molecule has 0 aromatic carbocycles. The zero-order valence-corrected chi connectivity index (χ0v) is 10.2. The van der Waals surface area contributed by atoms with E-state index in [1.54, 1.807) is 0 Å². The molecule has 2 fully saturated rings. The topological polar surface area (TPSA) is 29.3 Å². The van der Waals surface area contributed by atoms with Crippen molar-refractivity contribution in [3.05, 3.63) is 0 Å². The Bertz CT molecular complexity index is 247. The van der Waals surface area contributed by atoms with Crippen LogP contribution in [0.1, 0.15) is 33.6 Å². The SMILES string of the molecule is CN(C)[C@@H]1[C@H]2CC[C@](C)([C@@H]1N)C2(C)C. The maximum Gasteiger partial charge on any atom is 0.0280 e. The number of fused-ring (bicyclic) bond motifs is 2. The molecule has 0 amide bonds. The Morgan fingerprint density at radius 3 is 2.07 bits per heavy atom. The van der Waals surface area contributed by atoms with Crippen LogP contribution in [-0.4, -0.2) is 31.1 Å². The van der Waals surface area contributed by atoms with E-state index in [1.807, 2.05) is 0 Å². The molecule has 82 valence electrons. The lowest BCUT2D eigenvalue weighted by atomic mass is 9.69. The molecule has 2 bridgehead atoms. The summed E-state index contributed by atoms with van der Waals surface area (Å²) in [6.45, 7) is 7.21. The molecule has 0 spiro atoms. The normalized spacial score (nSPS) is 50.4.